The first-order valence-corrected chi connectivity index (χ1v) is 8.56. The summed E-state index contributed by atoms with van der Waals surface area (Å²) in [6.07, 6.45) is 4.21. The lowest BCUT2D eigenvalue weighted by Crippen LogP contribution is -2.34. The second-order valence-corrected chi connectivity index (χ2v) is 6.86. The number of nitrogens with zero attached hydrogens (tertiary/aromatic N) is 3. The van der Waals surface area contributed by atoms with Crippen molar-refractivity contribution in [2.45, 2.75) is 39.5 Å². The minimum Gasteiger partial charge on any atom is -0.356 e. The number of piperidine rings is 1. The predicted molar refractivity (Wildman–Crippen MR) is 96.5 cm³/mol. The highest BCUT2D eigenvalue weighted by Gasteiger charge is 2.17. The van der Waals surface area contributed by atoms with E-state index < -0.39 is 0 Å². The first-order valence-electron chi connectivity index (χ1n) is 8.56. The molecule has 1 unspecified atom stereocenters. The van der Waals surface area contributed by atoms with Gasteiger partial charge in [0.15, 0.2) is 0 Å². The maximum Gasteiger partial charge on any atom is 0.135 e. The number of hydrogen-bond acceptors (Lipinski definition) is 4. The smallest absolute Gasteiger partial charge is 0.135 e. The van der Waals surface area contributed by atoms with Crippen molar-refractivity contribution >= 4 is 17.3 Å². The molecule has 0 radical (unpaired) electrons. The molecule has 1 aromatic carbocycles. The molecule has 3 rings (SSSR count). The maximum atomic E-state index is 4.45. The van der Waals surface area contributed by atoms with Crippen LogP contribution >= 0.6 is 0 Å². The fraction of sp³-hybridized carbons (Fsp3) is 0.474. The average molecular weight is 310 g/mol. The number of nitrogens with one attached hydrogen (secondary N) is 1. The van der Waals surface area contributed by atoms with E-state index in [-0.39, 0.29) is 0 Å². The molecule has 122 valence electrons. The van der Waals surface area contributed by atoms with Gasteiger partial charge in [0.2, 0.25) is 0 Å². The van der Waals surface area contributed by atoms with Crippen LogP contribution in [0.15, 0.2) is 36.7 Å². The summed E-state index contributed by atoms with van der Waals surface area (Å²) in [5.41, 5.74) is 2.41. The van der Waals surface area contributed by atoms with Crippen LogP contribution in [-0.2, 0) is 0 Å². The van der Waals surface area contributed by atoms with E-state index in [1.54, 1.807) is 6.33 Å². The van der Waals surface area contributed by atoms with Gasteiger partial charge in [-0.1, -0.05) is 32.9 Å². The third-order valence-corrected chi connectivity index (χ3v) is 4.48. The molecule has 2 heterocycles. The first kappa shape index (κ1) is 15.8. The number of anilines is 3. The van der Waals surface area contributed by atoms with Gasteiger partial charge in [0, 0.05) is 24.8 Å². The SMILES string of the molecule is CC1CCCN(c2cc(Nc3ccc(C(C)C)cc3)ncn2)C1. The minimum atomic E-state index is 0.552. The monoisotopic (exact) mass is 310 g/mol. The molecule has 0 spiro atoms. The summed E-state index contributed by atoms with van der Waals surface area (Å²) in [4.78, 5) is 11.2. The molecule has 2 aromatic rings. The largest absolute Gasteiger partial charge is 0.356 e. The van der Waals surface area contributed by atoms with Crippen molar-refractivity contribution in [3.05, 3.63) is 42.2 Å². The second-order valence-electron chi connectivity index (χ2n) is 6.86. The Bertz CT molecular complexity index is 636. The topological polar surface area (TPSA) is 41.0 Å². The van der Waals surface area contributed by atoms with E-state index in [0.717, 1.165) is 36.3 Å². The molecular formula is C19H26N4. The molecule has 1 atom stereocenters. The Morgan fingerprint density at radius 2 is 1.96 bits per heavy atom. The van der Waals surface area contributed by atoms with Crippen LogP contribution in [0.2, 0.25) is 0 Å². The molecule has 0 saturated carbocycles. The Morgan fingerprint density at radius 1 is 1.17 bits per heavy atom. The van der Waals surface area contributed by atoms with Crippen LogP contribution in [0.1, 0.15) is 45.1 Å². The molecule has 0 amide bonds. The predicted octanol–water partition coefficient (Wildman–Crippen LogP) is 4.58. The fourth-order valence-electron chi connectivity index (χ4n) is 3.09. The van der Waals surface area contributed by atoms with Gasteiger partial charge in [-0.3, -0.25) is 0 Å². The van der Waals surface area contributed by atoms with Crippen LogP contribution in [-0.4, -0.2) is 23.1 Å². The number of rotatable bonds is 4. The van der Waals surface area contributed by atoms with Gasteiger partial charge in [0.05, 0.1) is 0 Å². The lowest BCUT2D eigenvalue weighted by molar-refractivity contribution is 0.444. The third-order valence-electron chi connectivity index (χ3n) is 4.48. The van der Waals surface area contributed by atoms with Gasteiger partial charge < -0.3 is 10.2 Å². The highest BCUT2D eigenvalue weighted by Crippen LogP contribution is 2.24. The summed E-state index contributed by atoms with van der Waals surface area (Å²) in [6.45, 7) is 8.89. The number of hydrogen-bond donors (Lipinski definition) is 1. The molecule has 1 saturated heterocycles. The van der Waals surface area contributed by atoms with Gasteiger partial charge in [-0.05, 0) is 42.4 Å². The van der Waals surface area contributed by atoms with Crippen LogP contribution in [0.3, 0.4) is 0 Å². The molecule has 1 fully saturated rings. The van der Waals surface area contributed by atoms with Crippen LogP contribution < -0.4 is 10.2 Å². The molecule has 0 bridgehead atoms. The van der Waals surface area contributed by atoms with Gasteiger partial charge in [-0.25, -0.2) is 9.97 Å². The van der Waals surface area contributed by atoms with E-state index in [2.05, 4.69) is 65.2 Å². The fourth-order valence-corrected chi connectivity index (χ4v) is 3.09. The van der Waals surface area contributed by atoms with Crippen molar-refractivity contribution in [2.24, 2.45) is 5.92 Å². The zero-order valence-electron chi connectivity index (χ0n) is 14.3. The van der Waals surface area contributed by atoms with Crippen LogP contribution in [0.4, 0.5) is 17.3 Å². The summed E-state index contributed by atoms with van der Waals surface area (Å²) in [5.74, 6) is 3.16. The molecule has 0 aliphatic carbocycles. The van der Waals surface area contributed by atoms with Gasteiger partial charge in [-0.2, -0.15) is 0 Å². The van der Waals surface area contributed by atoms with Crippen LogP contribution in [0, 0.1) is 5.92 Å². The summed E-state index contributed by atoms with van der Waals surface area (Å²) < 4.78 is 0. The standard InChI is InChI=1S/C19H26N4/c1-14(2)16-6-8-17(9-7-16)22-18-11-19(21-13-20-18)23-10-4-5-15(3)12-23/h6-9,11,13-15H,4-5,10,12H2,1-3H3,(H,20,21,22). The van der Waals surface area contributed by atoms with Crippen molar-refractivity contribution in [3.63, 3.8) is 0 Å². The van der Waals surface area contributed by atoms with E-state index in [0.29, 0.717) is 5.92 Å². The Labute approximate surface area is 139 Å². The second kappa shape index (κ2) is 6.99. The molecule has 1 aliphatic heterocycles. The molecule has 4 nitrogen and oxygen atoms in total. The normalized spacial score (nSPS) is 18.3. The zero-order valence-corrected chi connectivity index (χ0v) is 14.3. The van der Waals surface area contributed by atoms with Gasteiger partial charge >= 0.3 is 0 Å². The molecule has 1 aliphatic rings. The molecule has 23 heavy (non-hydrogen) atoms. The highest BCUT2D eigenvalue weighted by atomic mass is 15.2. The Kier molecular flexibility index (Phi) is 4.79. The van der Waals surface area contributed by atoms with E-state index >= 15 is 0 Å². The van der Waals surface area contributed by atoms with Crippen LogP contribution in [0.5, 0.6) is 0 Å². The molecule has 1 aromatic heterocycles. The summed E-state index contributed by atoms with van der Waals surface area (Å²) in [5, 5.41) is 3.38. The number of benzene rings is 1. The van der Waals surface area contributed by atoms with Crippen LogP contribution in [0.25, 0.3) is 0 Å². The summed E-state index contributed by atoms with van der Waals surface area (Å²) >= 11 is 0. The van der Waals surface area contributed by atoms with Crippen molar-refractivity contribution < 1.29 is 0 Å². The average Bonchev–Trinajstić information content (AvgIpc) is 2.56. The minimum absolute atomic E-state index is 0.552. The Balaban J connectivity index is 1.72. The maximum absolute atomic E-state index is 4.45. The van der Waals surface area contributed by atoms with Crippen molar-refractivity contribution in [1.29, 1.82) is 0 Å². The summed E-state index contributed by atoms with van der Waals surface area (Å²) in [6, 6.07) is 10.6. The molecule has 1 N–H and O–H groups in total. The number of aromatic nitrogens is 2. The van der Waals surface area contributed by atoms with Gasteiger partial charge in [0.1, 0.15) is 18.0 Å². The van der Waals surface area contributed by atoms with Crippen molar-refractivity contribution in [1.82, 2.24) is 9.97 Å². The lowest BCUT2D eigenvalue weighted by atomic mass is 10.0. The van der Waals surface area contributed by atoms with E-state index in [1.165, 1.54) is 18.4 Å². The third kappa shape index (κ3) is 4.01. The van der Waals surface area contributed by atoms with E-state index in [4.69, 9.17) is 0 Å². The molecular weight excluding hydrogens is 284 g/mol. The van der Waals surface area contributed by atoms with Gasteiger partial charge in [0.25, 0.3) is 0 Å². The van der Waals surface area contributed by atoms with Crippen molar-refractivity contribution in [2.75, 3.05) is 23.3 Å². The zero-order chi connectivity index (χ0) is 16.2. The van der Waals surface area contributed by atoms with Crippen molar-refractivity contribution in [3.8, 4) is 0 Å². The first-order chi connectivity index (χ1) is 11.1. The highest BCUT2D eigenvalue weighted by molar-refractivity contribution is 5.59. The Morgan fingerprint density at radius 3 is 2.65 bits per heavy atom. The Hall–Kier alpha value is -2.10. The van der Waals surface area contributed by atoms with Gasteiger partial charge in [-0.15, -0.1) is 0 Å². The van der Waals surface area contributed by atoms with E-state index in [9.17, 15) is 0 Å². The lowest BCUT2D eigenvalue weighted by Gasteiger charge is -2.31. The summed E-state index contributed by atoms with van der Waals surface area (Å²) in [7, 11) is 0. The van der Waals surface area contributed by atoms with E-state index in [1.807, 2.05) is 6.07 Å². The quantitative estimate of drug-likeness (QED) is 0.897. The molecule has 4 heteroatoms.